The Morgan fingerprint density at radius 1 is 1.22 bits per heavy atom. The highest BCUT2D eigenvalue weighted by Gasteiger charge is 2.20. The van der Waals surface area contributed by atoms with Gasteiger partial charge in [-0.15, -0.1) is 11.8 Å². The van der Waals surface area contributed by atoms with E-state index in [2.05, 4.69) is 12.1 Å². The second kappa shape index (κ2) is 7.05. The fourth-order valence-electron chi connectivity index (χ4n) is 2.56. The van der Waals surface area contributed by atoms with E-state index in [0.717, 1.165) is 17.4 Å². The van der Waals surface area contributed by atoms with Gasteiger partial charge in [-0.05, 0) is 43.0 Å². The molecule has 1 atom stereocenters. The van der Waals surface area contributed by atoms with Crippen LogP contribution < -0.4 is 10.5 Å². The lowest BCUT2D eigenvalue weighted by Crippen LogP contribution is -2.33. The maximum Gasteiger partial charge on any atom is 0.118 e. The van der Waals surface area contributed by atoms with Gasteiger partial charge < -0.3 is 10.5 Å². The molecule has 1 fully saturated rings. The van der Waals surface area contributed by atoms with Crippen molar-refractivity contribution in [1.29, 1.82) is 0 Å². The molecule has 3 heteroatoms. The predicted octanol–water partition coefficient (Wildman–Crippen LogP) is 3.69. The van der Waals surface area contributed by atoms with Crippen molar-refractivity contribution in [2.75, 3.05) is 12.9 Å². The van der Waals surface area contributed by atoms with Gasteiger partial charge in [-0.1, -0.05) is 19.3 Å². The number of hydrogen-bond donors (Lipinski definition) is 1. The molecular weight excluding hydrogens is 242 g/mol. The van der Waals surface area contributed by atoms with Crippen molar-refractivity contribution in [3.8, 4) is 5.75 Å². The average Bonchev–Trinajstić information content (AvgIpc) is 2.46. The molecule has 0 aromatic heterocycles. The summed E-state index contributed by atoms with van der Waals surface area (Å²) in [5.41, 5.74) is 6.31. The van der Waals surface area contributed by atoms with E-state index < -0.39 is 0 Å². The molecule has 2 nitrogen and oxygen atoms in total. The SMILES string of the molecule is COc1ccc(SCC(N)C2CCCCC2)cc1. The third kappa shape index (κ3) is 3.92. The lowest BCUT2D eigenvalue weighted by atomic mass is 9.85. The molecule has 2 N–H and O–H groups in total. The van der Waals surface area contributed by atoms with Gasteiger partial charge in [-0.25, -0.2) is 0 Å². The van der Waals surface area contributed by atoms with Crippen LogP contribution in [0.1, 0.15) is 32.1 Å². The number of thioether (sulfide) groups is 1. The Morgan fingerprint density at radius 3 is 2.50 bits per heavy atom. The summed E-state index contributed by atoms with van der Waals surface area (Å²) in [4.78, 5) is 1.28. The van der Waals surface area contributed by atoms with Crippen molar-refractivity contribution in [3.05, 3.63) is 24.3 Å². The van der Waals surface area contributed by atoms with E-state index in [0.29, 0.717) is 6.04 Å². The first-order valence-corrected chi connectivity index (χ1v) is 7.80. The van der Waals surface area contributed by atoms with Gasteiger partial charge in [0.15, 0.2) is 0 Å². The molecule has 0 spiro atoms. The number of rotatable bonds is 5. The number of ether oxygens (including phenoxy) is 1. The molecule has 0 radical (unpaired) electrons. The van der Waals surface area contributed by atoms with Gasteiger partial charge in [-0.3, -0.25) is 0 Å². The summed E-state index contributed by atoms with van der Waals surface area (Å²) in [7, 11) is 1.70. The molecule has 1 aromatic carbocycles. The molecule has 1 aromatic rings. The Balaban J connectivity index is 1.78. The summed E-state index contributed by atoms with van der Waals surface area (Å²) in [6, 6.07) is 8.58. The Kier molecular flexibility index (Phi) is 5.39. The number of benzene rings is 1. The lowest BCUT2D eigenvalue weighted by Gasteiger charge is -2.27. The van der Waals surface area contributed by atoms with E-state index >= 15 is 0 Å². The van der Waals surface area contributed by atoms with Crippen LogP contribution in [0.5, 0.6) is 5.75 Å². The molecule has 100 valence electrons. The Bertz CT molecular complexity index is 346. The van der Waals surface area contributed by atoms with Gasteiger partial charge in [0.05, 0.1) is 7.11 Å². The minimum Gasteiger partial charge on any atom is -0.497 e. The first-order valence-electron chi connectivity index (χ1n) is 6.82. The smallest absolute Gasteiger partial charge is 0.118 e. The minimum absolute atomic E-state index is 0.345. The summed E-state index contributed by atoms with van der Waals surface area (Å²) >= 11 is 1.86. The van der Waals surface area contributed by atoms with Gasteiger partial charge in [-0.2, -0.15) is 0 Å². The maximum absolute atomic E-state index is 6.31. The molecule has 0 bridgehead atoms. The highest BCUT2D eigenvalue weighted by atomic mass is 32.2. The van der Waals surface area contributed by atoms with Crippen molar-refractivity contribution in [3.63, 3.8) is 0 Å². The first kappa shape index (κ1) is 13.8. The monoisotopic (exact) mass is 265 g/mol. The average molecular weight is 265 g/mol. The molecule has 0 aliphatic heterocycles. The molecule has 0 amide bonds. The molecule has 1 saturated carbocycles. The van der Waals surface area contributed by atoms with Crippen LogP contribution in [0, 0.1) is 5.92 Å². The summed E-state index contributed by atoms with van der Waals surface area (Å²) < 4.78 is 5.16. The van der Waals surface area contributed by atoms with Gasteiger partial charge >= 0.3 is 0 Å². The maximum atomic E-state index is 6.31. The van der Waals surface area contributed by atoms with E-state index in [9.17, 15) is 0 Å². The third-order valence-corrected chi connectivity index (χ3v) is 4.91. The van der Waals surface area contributed by atoms with E-state index in [1.807, 2.05) is 23.9 Å². The van der Waals surface area contributed by atoms with Crippen molar-refractivity contribution >= 4 is 11.8 Å². The van der Waals surface area contributed by atoms with Crippen LogP contribution in [0.2, 0.25) is 0 Å². The summed E-state index contributed by atoms with van der Waals surface area (Å²) in [6.45, 7) is 0. The molecule has 1 unspecified atom stereocenters. The van der Waals surface area contributed by atoms with Crippen LogP contribution in [0.4, 0.5) is 0 Å². The topological polar surface area (TPSA) is 35.2 Å². The second-order valence-electron chi connectivity index (χ2n) is 5.05. The Labute approximate surface area is 114 Å². The quantitative estimate of drug-likeness (QED) is 0.825. The Morgan fingerprint density at radius 2 is 1.89 bits per heavy atom. The van der Waals surface area contributed by atoms with Crippen molar-refractivity contribution in [2.45, 2.75) is 43.0 Å². The third-order valence-electron chi connectivity index (χ3n) is 3.76. The molecule has 1 aliphatic carbocycles. The van der Waals surface area contributed by atoms with Crippen LogP contribution in [-0.4, -0.2) is 18.9 Å². The summed E-state index contributed by atoms with van der Waals surface area (Å²) in [6.07, 6.45) is 6.78. The van der Waals surface area contributed by atoms with E-state index in [1.54, 1.807) is 7.11 Å². The summed E-state index contributed by atoms with van der Waals surface area (Å²) in [5.74, 6) is 2.68. The van der Waals surface area contributed by atoms with Crippen LogP contribution in [0.15, 0.2) is 29.2 Å². The standard InChI is InChI=1S/C15H23NOS/c1-17-13-7-9-14(10-8-13)18-11-15(16)12-5-3-2-4-6-12/h7-10,12,15H,2-6,11,16H2,1H3. The molecule has 1 aliphatic rings. The highest BCUT2D eigenvalue weighted by Crippen LogP contribution is 2.29. The van der Waals surface area contributed by atoms with Crippen molar-refractivity contribution in [2.24, 2.45) is 11.7 Å². The van der Waals surface area contributed by atoms with Crippen LogP contribution in [-0.2, 0) is 0 Å². The zero-order chi connectivity index (χ0) is 12.8. The molecule has 0 saturated heterocycles. The van der Waals surface area contributed by atoms with Gasteiger partial charge in [0, 0.05) is 16.7 Å². The molecular formula is C15H23NOS. The van der Waals surface area contributed by atoms with Crippen LogP contribution >= 0.6 is 11.8 Å². The number of nitrogens with two attached hydrogens (primary N) is 1. The number of methoxy groups -OCH3 is 1. The van der Waals surface area contributed by atoms with Crippen molar-refractivity contribution in [1.82, 2.24) is 0 Å². The lowest BCUT2D eigenvalue weighted by molar-refractivity contribution is 0.319. The van der Waals surface area contributed by atoms with Gasteiger partial charge in [0.1, 0.15) is 5.75 Å². The Hall–Kier alpha value is -0.670. The van der Waals surface area contributed by atoms with Crippen LogP contribution in [0.3, 0.4) is 0 Å². The molecule has 0 heterocycles. The van der Waals surface area contributed by atoms with Crippen molar-refractivity contribution < 1.29 is 4.74 Å². The summed E-state index contributed by atoms with van der Waals surface area (Å²) in [5, 5.41) is 0. The zero-order valence-electron chi connectivity index (χ0n) is 11.1. The largest absolute Gasteiger partial charge is 0.497 e. The number of hydrogen-bond acceptors (Lipinski definition) is 3. The van der Waals surface area contributed by atoms with Gasteiger partial charge in [0.25, 0.3) is 0 Å². The van der Waals surface area contributed by atoms with E-state index in [1.165, 1.54) is 37.0 Å². The zero-order valence-corrected chi connectivity index (χ0v) is 11.9. The second-order valence-corrected chi connectivity index (χ2v) is 6.14. The fraction of sp³-hybridized carbons (Fsp3) is 0.600. The fourth-order valence-corrected chi connectivity index (χ4v) is 3.55. The van der Waals surface area contributed by atoms with E-state index in [4.69, 9.17) is 10.5 Å². The molecule has 18 heavy (non-hydrogen) atoms. The van der Waals surface area contributed by atoms with Crippen LogP contribution in [0.25, 0.3) is 0 Å². The van der Waals surface area contributed by atoms with E-state index in [-0.39, 0.29) is 0 Å². The molecule has 2 rings (SSSR count). The predicted molar refractivity (Wildman–Crippen MR) is 78.3 cm³/mol. The normalized spacial score (nSPS) is 18.6. The minimum atomic E-state index is 0.345. The van der Waals surface area contributed by atoms with Gasteiger partial charge in [0.2, 0.25) is 0 Å². The first-order chi connectivity index (χ1) is 8.79. The highest BCUT2D eigenvalue weighted by molar-refractivity contribution is 7.99.